The molecule has 3 heteroatoms. The molecule has 1 heterocycles. The van der Waals surface area contributed by atoms with Crippen LogP contribution in [0.15, 0.2) is 0 Å². The predicted octanol–water partition coefficient (Wildman–Crippen LogP) is 2.41. The summed E-state index contributed by atoms with van der Waals surface area (Å²) in [4.78, 5) is 14.8. The van der Waals surface area contributed by atoms with Crippen LogP contribution in [0.5, 0.6) is 0 Å². The van der Waals surface area contributed by atoms with Crippen LogP contribution in [0, 0.1) is 11.8 Å². The summed E-state index contributed by atoms with van der Waals surface area (Å²) in [5.41, 5.74) is 0. The fourth-order valence-corrected chi connectivity index (χ4v) is 2.85. The van der Waals surface area contributed by atoms with E-state index < -0.39 is 0 Å². The number of hydrogen-bond donors (Lipinski definition) is 1. The second-order valence-electron chi connectivity index (χ2n) is 6.52. The van der Waals surface area contributed by atoms with Crippen LogP contribution < -0.4 is 5.32 Å². The highest BCUT2D eigenvalue weighted by atomic mass is 16.2. The lowest BCUT2D eigenvalue weighted by Crippen LogP contribution is -2.45. The molecule has 0 radical (unpaired) electrons. The number of rotatable bonds is 5. The van der Waals surface area contributed by atoms with E-state index in [0.717, 1.165) is 32.4 Å². The van der Waals surface area contributed by atoms with Crippen molar-refractivity contribution in [2.75, 3.05) is 13.1 Å². The third kappa shape index (κ3) is 3.71. The molecule has 18 heavy (non-hydrogen) atoms. The molecule has 2 rings (SSSR count). The number of carbonyl (C=O) groups is 1. The highest BCUT2D eigenvalue weighted by Gasteiger charge is 2.36. The van der Waals surface area contributed by atoms with E-state index in [1.54, 1.807) is 0 Å². The highest BCUT2D eigenvalue weighted by molar-refractivity contribution is 5.79. The number of hydrogen-bond acceptors (Lipinski definition) is 2. The minimum Gasteiger partial charge on any atom is -0.339 e. The molecule has 0 bridgehead atoms. The van der Waals surface area contributed by atoms with Crippen LogP contribution in [0.3, 0.4) is 0 Å². The largest absolute Gasteiger partial charge is 0.339 e. The van der Waals surface area contributed by atoms with Gasteiger partial charge in [0, 0.05) is 24.5 Å². The third-order valence-corrected chi connectivity index (χ3v) is 4.19. The summed E-state index contributed by atoms with van der Waals surface area (Å²) in [6.45, 7) is 8.64. The quantitative estimate of drug-likeness (QED) is 0.815. The summed E-state index contributed by atoms with van der Waals surface area (Å²) in [5.74, 6) is 1.39. The average Bonchev–Trinajstić information content (AvgIpc) is 3.13. The van der Waals surface area contributed by atoms with Gasteiger partial charge in [-0.2, -0.15) is 0 Å². The van der Waals surface area contributed by atoms with E-state index in [4.69, 9.17) is 0 Å². The number of amides is 1. The van der Waals surface area contributed by atoms with Crippen molar-refractivity contribution in [3.63, 3.8) is 0 Å². The maximum absolute atomic E-state index is 12.6. The Labute approximate surface area is 111 Å². The molecule has 2 fully saturated rings. The van der Waals surface area contributed by atoms with Gasteiger partial charge in [-0.25, -0.2) is 0 Å². The Morgan fingerprint density at radius 2 is 2.06 bits per heavy atom. The molecule has 2 atom stereocenters. The summed E-state index contributed by atoms with van der Waals surface area (Å²) < 4.78 is 0. The topological polar surface area (TPSA) is 32.3 Å². The molecule has 2 aliphatic rings. The molecular weight excluding hydrogens is 224 g/mol. The summed E-state index contributed by atoms with van der Waals surface area (Å²) in [7, 11) is 0. The highest BCUT2D eigenvalue weighted by Crippen LogP contribution is 2.30. The van der Waals surface area contributed by atoms with Gasteiger partial charge in [0.05, 0.1) is 0 Å². The van der Waals surface area contributed by atoms with Gasteiger partial charge in [-0.05, 0) is 51.5 Å². The lowest BCUT2D eigenvalue weighted by atomic mass is 9.91. The number of piperidine rings is 1. The van der Waals surface area contributed by atoms with Crippen LogP contribution in [0.1, 0.15) is 52.9 Å². The SMILES string of the molecule is CC(C)CCN(C(=O)[C@H]1CCN[C@@H](C)C1)C1CC1. The Bertz CT molecular complexity index is 286. The first-order chi connectivity index (χ1) is 8.58. The minimum absolute atomic E-state index is 0.272. The fourth-order valence-electron chi connectivity index (χ4n) is 2.85. The number of nitrogens with zero attached hydrogens (tertiary/aromatic N) is 1. The van der Waals surface area contributed by atoms with Crippen molar-refractivity contribution >= 4 is 5.91 Å². The minimum atomic E-state index is 0.272. The van der Waals surface area contributed by atoms with Crippen LogP contribution >= 0.6 is 0 Å². The lowest BCUT2D eigenvalue weighted by molar-refractivity contribution is -0.137. The summed E-state index contributed by atoms with van der Waals surface area (Å²) in [5, 5.41) is 3.43. The van der Waals surface area contributed by atoms with E-state index in [-0.39, 0.29) is 5.92 Å². The van der Waals surface area contributed by atoms with E-state index in [0.29, 0.717) is 23.9 Å². The molecule has 1 aliphatic carbocycles. The second kappa shape index (κ2) is 6.05. The molecule has 1 amide bonds. The monoisotopic (exact) mass is 252 g/mol. The summed E-state index contributed by atoms with van der Waals surface area (Å²) >= 11 is 0. The van der Waals surface area contributed by atoms with Crippen molar-refractivity contribution in [2.45, 2.75) is 65.0 Å². The van der Waals surface area contributed by atoms with Crippen LogP contribution in [0.25, 0.3) is 0 Å². The molecule has 0 aromatic carbocycles. The molecule has 0 aromatic heterocycles. The van der Waals surface area contributed by atoms with Crippen molar-refractivity contribution in [3.05, 3.63) is 0 Å². The normalized spacial score (nSPS) is 28.4. The van der Waals surface area contributed by atoms with Gasteiger partial charge in [-0.15, -0.1) is 0 Å². The molecule has 0 unspecified atom stereocenters. The molecule has 104 valence electrons. The molecule has 1 aliphatic heterocycles. The van der Waals surface area contributed by atoms with Crippen LogP contribution in [-0.2, 0) is 4.79 Å². The van der Waals surface area contributed by atoms with Crippen LogP contribution in [0.2, 0.25) is 0 Å². The summed E-state index contributed by atoms with van der Waals surface area (Å²) in [6, 6.07) is 1.07. The van der Waals surface area contributed by atoms with Crippen molar-refractivity contribution < 1.29 is 4.79 Å². The molecular formula is C15H28N2O. The number of nitrogens with one attached hydrogen (secondary N) is 1. The Morgan fingerprint density at radius 1 is 1.33 bits per heavy atom. The Kier molecular flexibility index (Phi) is 4.66. The Morgan fingerprint density at radius 3 is 2.61 bits per heavy atom. The van der Waals surface area contributed by atoms with E-state index in [9.17, 15) is 4.79 Å². The van der Waals surface area contributed by atoms with Gasteiger partial charge in [-0.1, -0.05) is 13.8 Å². The van der Waals surface area contributed by atoms with E-state index >= 15 is 0 Å². The van der Waals surface area contributed by atoms with Gasteiger partial charge in [0.2, 0.25) is 5.91 Å². The Hall–Kier alpha value is -0.570. The first-order valence-electron chi connectivity index (χ1n) is 7.61. The molecule has 0 aromatic rings. The zero-order valence-electron chi connectivity index (χ0n) is 12.1. The molecule has 1 N–H and O–H groups in total. The first-order valence-corrected chi connectivity index (χ1v) is 7.61. The predicted molar refractivity (Wildman–Crippen MR) is 74.4 cm³/mol. The average molecular weight is 252 g/mol. The second-order valence-corrected chi connectivity index (χ2v) is 6.52. The van der Waals surface area contributed by atoms with Crippen molar-refractivity contribution in [2.24, 2.45) is 11.8 Å². The van der Waals surface area contributed by atoms with Gasteiger partial charge in [0.25, 0.3) is 0 Å². The van der Waals surface area contributed by atoms with E-state index in [2.05, 4.69) is 31.0 Å². The van der Waals surface area contributed by atoms with Crippen molar-refractivity contribution in [3.8, 4) is 0 Å². The van der Waals surface area contributed by atoms with Crippen molar-refractivity contribution in [1.29, 1.82) is 0 Å². The molecule has 0 spiro atoms. The van der Waals surface area contributed by atoms with Gasteiger partial charge in [0.15, 0.2) is 0 Å². The zero-order valence-corrected chi connectivity index (χ0v) is 12.1. The zero-order chi connectivity index (χ0) is 13.1. The third-order valence-electron chi connectivity index (χ3n) is 4.19. The summed E-state index contributed by atoms with van der Waals surface area (Å²) in [6.07, 6.45) is 5.63. The van der Waals surface area contributed by atoms with E-state index in [1.807, 2.05) is 0 Å². The lowest BCUT2D eigenvalue weighted by Gasteiger charge is -2.32. The molecule has 1 saturated heterocycles. The smallest absolute Gasteiger partial charge is 0.226 e. The van der Waals surface area contributed by atoms with Gasteiger partial charge in [-0.3, -0.25) is 4.79 Å². The van der Waals surface area contributed by atoms with Crippen molar-refractivity contribution in [1.82, 2.24) is 10.2 Å². The molecule has 3 nitrogen and oxygen atoms in total. The molecule has 1 saturated carbocycles. The maximum Gasteiger partial charge on any atom is 0.226 e. The van der Waals surface area contributed by atoms with Crippen LogP contribution in [-0.4, -0.2) is 36.0 Å². The van der Waals surface area contributed by atoms with Crippen LogP contribution in [0.4, 0.5) is 0 Å². The Balaban J connectivity index is 1.90. The fraction of sp³-hybridized carbons (Fsp3) is 0.933. The van der Waals surface area contributed by atoms with E-state index in [1.165, 1.54) is 12.8 Å². The van der Waals surface area contributed by atoms with Gasteiger partial charge in [0.1, 0.15) is 0 Å². The van der Waals surface area contributed by atoms with Gasteiger partial charge < -0.3 is 10.2 Å². The van der Waals surface area contributed by atoms with Gasteiger partial charge >= 0.3 is 0 Å². The maximum atomic E-state index is 12.6. The first kappa shape index (κ1) is 13.9. The number of carbonyl (C=O) groups excluding carboxylic acids is 1. The standard InChI is InChI=1S/C15H28N2O/c1-11(2)7-9-17(14-4-5-14)15(18)13-6-8-16-12(3)10-13/h11-14,16H,4-10H2,1-3H3/t12-,13-/m0/s1.